The van der Waals surface area contributed by atoms with Crippen molar-refractivity contribution < 1.29 is 43.3 Å². The van der Waals surface area contributed by atoms with Crippen molar-refractivity contribution in [2.24, 2.45) is 16.6 Å². The van der Waals surface area contributed by atoms with Gasteiger partial charge in [-0.15, -0.1) is 0 Å². The van der Waals surface area contributed by atoms with Crippen LogP contribution in [0.4, 0.5) is 0 Å². The van der Waals surface area contributed by atoms with Crippen LogP contribution in [0.1, 0.15) is 121 Å². The van der Waals surface area contributed by atoms with Crippen LogP contribution in [0.25, 0.3) is 0 Å². The number of nitrogens with two attached hydrogens (primary N) is 1. The second-order valence-corrected chi connectivity index (χ2v) is 21.7. The number of amides is 6. The largest absolute Gasteiger partial charge is 0.394 e. The summed E-state index contributed by atoms with van der Waals surface area (Å²) in [7, 11) is 1.67. The lowest BCUT2D eigenvalue weighted by Gasteiger charge is -2.36. The van der Waals surface area contributed by atoms with Gasteiger partial charge in [0.25, 0.3) is 0 Å². The van der Waals surface area contributed by atoms with Gasteiger partial charge in [0, 0.05) is 25.9 Å². The molecule has 0 spiro atoms. The normalized spacial score (nSPS) is 23.3. The number of fused-ring (bicyclic) bond motifs is 2. The average Bonchev–Trinajstić information content (AvgIpc) is 3.99. The zero-order chi connectivity index (χ0) is 52.3. The number of ether oxygens (including phenoxy) is 2. The summed E-state index contributed by atoms with van der Waals surface area (Å²) in [5.41, 5.74) is 8.87. The van der Waals surface area contributed by atoms with Crippen molar-refractivity contribution >= 4 is 35.4 Å². The van der Waals surface area contributed by atoms with Gasteiger partial charge in [-0.1, -0.05) is 102 Å². The first-order chi connectivity index (χ1) is 34.2. The Balaban J connectivity index is 1.10. The third kappa shape index (κ3) is 14.0. The van der Waals surface area contributed by atoms with Crippen LogP contribution in [0.2, 0.25) is 0 Å². The predicted octanol–water partition coefficient (Wildman–Crippen LogP) is 2.34. The lowest BCUT2D eigenvalue weighted by Crippen LogP contribution is -2.60. The highest BCUT2D eigenvalue weighted by molar-refractivity contribution is 5.95. The number of benzene rings is 2. The van der Waals surface area contributed by atoms with Gasteiger partial charge in [-0.25, -0.2) is 0 Å². The molecule has 2 aromatic carbocycles. The molecule has 2 aliphatic heterocycles. The van der Waals surface area contributed by atoms with Crippen LogP contribution in [0, 0.1) is 34.5 Å². The van der Waals surface area contributed by atoms with Crippen LogP contribution in [-0.2, 0) is 51.1 Å². The van der Waals surface area contributed by atoms with Crippen LogP contribution in [0.3, 0.4) is 0 Å². The van der Waals surface area contributed by atoms with Crippen molar-refractivity contribution in [3.8, 4) is 23.7 Å². The second-order valence-electron chi connectivity index (χ2n) is 21.7. The van der Waals surface area contributed by atoms with Crippen LogP contribution >= 0.6 is 0 Å². The molecule has 390 valence electrons. The smallest absolute Gasteiger partial charge is 0.246 e. The minimum atomic E-state index is -1.23. The number of hydrogen-bond acceptors (Lipinski definition) is 11. The average molecular weight is 993 g/mol. The molecule has 0 saturated carbocycles. The summed E-state index contributed by atoms with van der Waals surface area (Å²) in [5, 5.41) is 24.5. The molecule has 1 unspecified atom stereocenters. The first-order valence-corrected chi connectivity index (χ1v) is 25.4. The molecule has 0 bridgehead atoms. The van der Waals surface area contributed by atoms with E-state index in [4.69, 9.17) is 15.2 Å². The van der Waals surface area contributed by atoms with Gasteiger partial charge >= 0.3 is 0 Å². The number of likely N-dealkylation sites (N-methyl/N-ethyl adjacent to an activating group) is 1. The number of rotatable bonds is 16. The molecule has 2 aromatic rings. The fourth-order valence-electron chi connectivity index (χ4n) is 10.0. The molecule has 6 amide bonds. The van der Waals surface area contributed by atoms with E-state index in [2.05, 4.69) is 62.4 Å². The Hall–Kier alpha value is -5.82. The first kappa shape index (κ1) is 55.5. The zero-order valence-electron chi connectivity index (χ0n) is 43.3. The Labute approximate surface area is 425 Å². The van der Waals surface area contributed by atoms with Crippen LogP contribution < -0.4 is 32.3 Å². The minimum absolute atomic E-state index is 0.0255. The van der Waals surface area contributed by atoms with Gasteiger partial charge in [0.1, 0.15) is 43.4 Å². The maximum absolute atomic E-state index is 14.5. The van der Waals surface area contributed by atoms with E-state index in [-0.39, 0.29) is 74.9 Å². The number of nitrogens with one attached hydrogen (secondary N) is 5. The molecule has 2 aliphatic carbocycles. The lowest BCUT2D eigenvalue weighted by molar-refractivity contribution is -0.144. The van der Waals surface area contributed by atoms with Gasteiger partial charge < -0.3 is 56.7 Å². The van der Waals surface area contributed by atoms with Gasteiger partial charge in [0.15, 0.2) is 0 Å². The summed E-state index contributed by atoms with van der Waals surface area (Å²) in [6.07, 6.45) is 4.57. The van der Waals surface area contributed by atoms with E-state index in [9.17, 15) is 33.9 Å². The summed E-state index contributed by atoms with van der Waals surface area (Å²) in [4.78, 5) is 86.1. The molecule has 17 nitrogen and oxygen atoms in total. The molecule has 4 aliphatic rings. The number of carbonyl (C=O) groups is 6. The van der Waals surface area contributed by atoms with Crippen molar-refractivity contribution in [3.63, 3.8) is 0 Å². The highest BCUT2D eigenvalue weighted by Gasteiger charge is 2.48. The SMILES string of the molecule is CN[C@@H](C)C(=O)NC(C(=O)N1C[C@@H](OCC#CC#CCO[C@H]2C[C@@H](C(=O)N[C@@H]3CCCc4ccccc43)N(C(=O)[C@@H](NC(=O)[C@@H](N)CO)C(C)(C)C)C2)C[C@H]1C(=O)N[C@@H]1CCCc2ccccc21)C(C)(C)C. The van der Waals surface area contributed by atoms with Gasteiger partial charge in [-0.2, -0.15) is 0 Å². The van der Waals surface area contributed by atoms with Crippen molar-refractivity contribution in [2.45, 2.75) is 160 Å². The van der Waals surface area contributed by atoms with Crippen LogP contribution in [-0.4, -0.2) is 139 Å². The van der Waals surface area contributed by atoms with E-state index in [1.807, 2.05) is 57.2 Å². The molecule has 2 saturated heterocycles. The molecule has 2 fully saturated rings. The fourth-order valence-corrected chi connectivity index (χ4v) is 10.0. The zero-order valence-corrected chi connectivity index (χ0v) is 43.3. The summed E-state index contributed by atoms with van der Waals surface area (Å²) >= 11 is 0. The molecular formula is C55H76N8O9. The third-order valence-corrected chi connectivity index (χ3v) is 14.2. The van der Waals surface area contributed by atoms with E-state index in [1.165, 1.54) is 20.9 Å². The van der Waals surface area contributed by atoms with Crippen molar-refractivity contribution in [3.05, 3.63) is 70.8 Å². The minimum Gasteiger partial charge on any atom is -0.394 e. The van der Waals surface area contributed by atoms with E-state index < -0.39 is 77.7 Å². The topological polar surface area (TPSA) is 234 Å². The van der Waals surface area contributed by atoms with Crippen molar-refractivity contribution in [1.29, 1.82) is 0 Å². The first-order valence-electron chi connectivity index (χ1n) is 25.4. The van der Waals surface area contributed by atoms with Crippen molar-refractivity contribution in [1.82, 2.24) is 36.4 Å². The summed E-state index contributed by atoms with van der Waals surface area (Å²) < 4.78 is 12.3. The molecule has 8 N–H and O–H groups in total. The van der Waals surface area contributed by atoms with E-state index in [0.717, 1.165) is 49.7 Å². The fraction of sp³-hybridized carbons (Fsp3) is 0.600. The third-order valence-electron chi connectivity index (χ3n) is 14.2. The number of likely N-dealkylation sites (tertiary alicyclic amines) is 2. The molecule has 17 heteroatoms. The highest BCUT2D eigenvalue weighted by atomic mass is 16.5. The summed E-state index contributed by atoms with van der Waals surface area (Å²) in [6, 6.07) is 10.2. The molecule has 6 rings (SSSR count). The number of aryl methyl sites for hydroxylation is 2. The van der Waals surface area contributed by atoms with Crippen LogP contribution in [0.5, 0.6) is 0 Å². The standard InChI is InChI=1S/C55H76N8O9/c1-34(57-8)48(65)60-46(54(2,3)4)52(69)62-31-37(29-44(62)50(67)58-42-25-17-21-35-19-11-13-23-39(35)42)71-27-15-9-10-16-28-72-38-30-45(51(68)59-43-26-18-22-36-20-12-14-24-40(36)43)63(32-38)53(70)47(55(5,6)7)61-49(66)41(56)33-64/h11-14,19-20,23-24,34,37-38,41-47,57,64H,17-18,21-22,25-33,56H2,1-8H3,(H,58,67)(H,59,68)(H,60,65)(H,61,66)/t34-,37-,38-,41-,42+,43+,44-,45-,46?,47+/m0/s1. The Bertz CT molecular complexity index is 2240. The number of aliphatic hydroxyl groups excluding tert-OH is 1. The lowest BCUT2D eigenvalue weighted by atomic mass is 9.85. The van der Waals surface area contributed by atoms with Gasteiger partial charge in [-0.3, -0.25) is 28.8 Å². The van der Waals surface area contributed by atoms with Crippen molar-refractivity contribution in [2.75, 3.05) is 40.0 Å². The molecule has 10 atom stereocenters. The van der Waals surface area contributed by atoms with Gasteiger partial charge in [-0.05, 0) is 97.4 Å². The molecular weight excluding hydrogens is 917 g/mol. The van der Waals surface area contributed by atoms with Crippen LogP contribution in [0.15, 0.2) is 48.5 Å². The maximum atomic E-state index is 14.5. The number of hydrogen-bond donors (Lipinski definition) is 7. The maximum Gasteiger partial charge on any atom is 0.246 e. The summed E-state index contributed by atoms with van der Waals surface area (Å²) in [5.74, 6) is 8.92. The quantitative estimate of drug-likeness (QED) is 0.121. The molecule has 0 radical (unpaired) electrons. The van der Waals surface area contributed by atoms with E-state index in [1.54, 1.807) is 34.7 Å². The Morgan fingerprint density at radius 2 is 1.11 bits per heavy atom. The van der Waals surface area contributed by atoms with Gasteiger partial charge in [0.05, 0.1) is 36.9 Å². The number of aliphatic hydroxyl groups is 1. The number of carbonyl (C=O) groups excluding carboxylic acids is 6. The predicted molar refractivity (Wildman–Crippen MR) is 272 cm³/mol. The van der Waals surface area contributed by atoms with Gasteiger partial charge in [0.2, 0.25) is 35.4 Å². The van der Waals surface area contributed by atoms with E-state index in [0.29, 0.717) is 0 Å². The molecule has 2 heterocycles. The molecule has 72 heavy (non-hydrogen) atoms. The Morgan fingerprint density at radius 3 is 1.51 bits per heavy atom. The Kier molecular flexibility index (Phi) is 19.1. The number of nitrogens with zero attached hydrogens (tertiary/aromatic N) is 2. The molecule has 0 aromatic heterocycles. The monoisotopic (exact) mass is 993 g/mol. The van der Waals surface area contributed by atoms with E-state index >= 15 is 0 Å². The highest BCUT2D eigenvalue weighted by Crippen LogP contribution is 2.34. The second kappa shape index (κ2) is 24.7. The summed E-state index contributed by atoms with van der Waals surface area (Å²) in [6.45, 7) is 12.3. The Morgan fingerprint density at radius 1 is 0.694 bits per heavy atom.